The molecule has 86 valence electrons. The Hall–Kier alpha value is -0.410. The number of thiazole rings is 1. The second kappa shape index (κ2) is 5.61. The summed E-state index contributed by atoms with van der Waals surface area (Å²) in [6, 6.07) is 0.268. The Bertz CT molecular complexity index is 287. The first kappa shape index (κ1) is 12.7. The molecule has 2 unspecified atom stereocenters. The van der Waals surface area contributed by atoms with Crippen molar-refractivity contribution in [2.75, 3.05) is 0 Å². The largest absolute Gasteiger partial charge is 0.327 e. The summed E-state index contributed by atoms with van der Waals surface area (Å²) in [6.07, 6.45) is 3.25. The predicted molar refractivity (Wildman–Crippen MR) is 67.3 cm³/mol. The van der Waals surface area contributed by atoms with Gasteiger partial charge in [0.15, 0.2) is 0 Å². The SMILES string of the molecule is CCC(C)CC(N)Cc1nc(C)c(C)s1. The summed E-state index contributed by atoms with van der Waals surface area (Å²) in [6.45, 7) is 8.67. The number of nitrogens with two attached hydrogens (primary N) is 1. The molecule has 0 aliphatic carbocycles. The standard InChI is InChI=1S/C12H22N2S/c1-5-8(2)6-11(13)7-12-14-9(3)10(4)15-12/h8,11H,5-7,13H2,1-4H3. The van der Waals surface area contributed by atoms with Crippen molar-refractivity contribution in [3.05, 3.63) is 15.6 Å². The molecule has 0 amide bonds. The highest BCUT2D eigenvalue weighted by Gasteiger charge is 2.11. The predicted octanol–water partition coefficient (Wildman–Crippen LogP) is 3.07. The van der Waals surface area contributed by atoms with E-state index < -0.39 is 0 Å². The molecular weight excluding hydrogens is 204 g/mol. The number of hydrogen-bond donors (Lipinski definition) is 1. The lowest BCUT2D eigenvalue weighted by atomic mass is 9.98. The molecule has 2 nitrogen and oxygen atoms in total. The van der Waals surface area contributed by atoms with Crippen LogP contribution in [0, 0.1) is 19.8 Å². The second-order valence-corrected chi connectivity index (χ2v) is 5.75. The maximum Gasteiger partial charge on any atom is 0.0946 e. The van der Waals surface area contributed by atoms with Gasteiger partial charge in [-0.3, -0.25) is 0 Å². The Morgan fingerprint density at radius 1 is 1.40 bits per heavy atom. The molecule has 15 heavy (non-hydrogen) atoms. The lowest BCUT2D eigenvalue weighted by molar-refractivity contribution is 0.450. The van der Waals surface area contributed by atoms with E-state index >= 15 is 0 Å². The zero-order valence-corrected chi connectivity index (χ0v) is 11.0. The Morgan fingerprint density at radius 2 is 2.07 bits per heavy atom. The lowest BCUT2D eigenvalue weighted by Crippen LogP contribution is -2.25. The molecule has 1 aromatic heterocycles. The van der Waals surface area contributed by atoms with E-state index in [9.17, 15) is 0 Å². The van der Waals surface area contributed by atoms with Gasteiger partial charge in [0, 0.05) is 17.3 Å². The van der Waals surface area contributed by atoms with Gasteiger partial charge in [-0.05, 0) is 26.2 Å². The van der Waals surface area contributed by atoms with Crippen LogP contribution in [0.5, 0.6) is 0 Å². The van der Waals surface area contributed by atoms with Crippen LogP contribution in [0.3, 0.4) is 0 Å². The molecule has 0 radical (unpaired) electrons. The maximum absolute atomic E-state index is 6.11. The second-order valence-electron chi connectivity index (χ2n) is 4.46. The third-order valence-electron chi connectivity index (χ3n) is 2.91. The molecule has 0 saturated carbocycles. The number of hydrogen-bond acceptors (Lipinski definition) is 3. The van der Waals surface area contributed by atoms with Crippen LogP contribution >= 0.6 is 11.3 Å². The topological polar surface area (TPSA) is 38.9 Å². The zero-order valence-electron chi connectivity index (χ0n) is 10.2. The van der Waals surface area contributed by atoms with Crippen LogP contribution in [0.2, 0.25) is 0 Å². The van der Waals surface area contributed by atoms with Crippen LogP contribution in [-0.4, -0.2) is 11.0 Å². The fraction of sp³-hybridized carbons (Fsp3) is 0.750. The quantitative estimate of drug-likeness (QED) is 0.838. The first-order valence-electron chi connectivity index (χ1n) is 5.71. The zero-order chi connectivity index (χ0) is 11.4. The average Bonchev–Trinajstić information content (AvgIpc) is 2.45. The van der Waals surface area contributed by atoms with E-state index in [1.807, 2.05) is 0 Å². The molecule has 2 N–H and O–H groups in total. The third kappa shape index (κ3) is 3.92. The van der Waals surface area contributed by atoms with Gasteiger partial charge < -0.3 is 5.73 Å². The van der Waals surface area contributed by atoms with Crippen LogP contribution in [0.15, 0.2) is 0 Å². The summed E-state index contributed by atoms with van der Waals surface area (Å²) in [5.74, 6) is 0.724. The highest BCUT2D eigenvalue weighted by atomic mass is 32.1. The molecule has 0 fully saturated rings. The summed E-state index contributed by atoms with van der Waals surface area (Å²) in [5, 5.41) is 1.20. The minimum absolute atomic E-state index is 0.268. The number of nitrogens with zero attached hydrogens (tertiary/aromatic N) is 1. The molecule has 2 atom stereocenters. The van der Waals surface area contributed by atoms with Crippen LogP contribution in [-0.2, 0) is 6.42 Å². The number of aromatic nitrogens is 1. The monoisotopic (exact) mass is 226 g/mol. The Labute approximate surface area is 96.9 Å². The van der Waals surface area contributed by atoms with Crippen molar-refractivity contribution in [3.8, 4) is 0 Å². The van der Waals surface area contributed by atoms with Gasteiger partial charge in [-0.25, -0.2) is 4.98 Å². The normalized spacial score (nSPS) is 15.3. The molecule has 0 saturated heterocycles. The van der Waals surface area contributed by atoms with Crippen molar-refractivity contribution in [2.24, 2.45) is 11.7 Å². The Morgan fingerprint density at radius 3 is 2.53 bits per heavy atom. The van der Waals surface area contributed by atoms with E-state index in [2.05, 4.69) is 32.7 Å². The number of rotatable bonds is 5. The van der Waals surface area contributed by atoms with Crippen LogP contribution in [0.25, 0.3) is 0 Å². The van der Waals surface area contributed by atoms with E-state index in [0.717, 1.165) is 24.5 Å². The van der Waals surface area contributed by atoms with Gasteiger partial charge in [0.25, 0.3) is 0 Å². The van der Waals surface area contributed by atoms with Crippen molar-refractivity contribution in [1.82, 2.24) is 4.98 Å². The summed E-state index contributed by atoms with van der Waals surface area (Å²) in [4.78, 5) is 5.84. The summed E-state index contributed by atoms with van der Waals surface area (Å²) in [5.41, 5.74) is 7.27. The summed E-state index contributed by atoms with van der Waals surface area (Å²) >= 11 is 1.79. The van der Waals surface area contributed by atoms with Gasteiger partial charge >= 0.3 is 0 Å². The smallest absolute Gasteiger partial charge is 0.0946 e. The van der Waals surface area contributed by atoms with Crippen LogP contribution in [0.1, 0.15) is 42.3 Å². The molecule has 0 aromatic carbocycles. The molecule has 0 aliphatic heterocycles. The van der Waals surface area contributed by atoms with Gasteiger partial charge in [-0.15, -0.1) is 11.3 Å². The Kier molecular flexibility index (Phi) is 4.74. The first-order chi connectivity index (χ1) is 7.02. The fourth-order valence-electron chi connectivity index (χ4n) is 1.62. The van der Waals surface area contributed by atoms with Gasteiger partial charge in [-0.2, -0.15) is 0 Å². The number of aryl methyl sites for hydroxylation is 2. The minimum Gasteiger partial charge on any atom is -0.327 e. The maximum atomic E-state index is 6.11. The first-order valence-corrected chi connectivity index (χ1v) is 6.53. The van der Waals surface area contributed by atoms with E-state index in [1.54, 1.807) is 11.3 Å². The molecule has 0 bridgehead atoms. The van der Waals surface area contributed by atoms with Gasteiger partial charge in [0.05, 0.1) is 10.7 Å². The van der Waals surface area contributed by atoms with Gasteiger partial charge in [-0.1, -0.05) is 20.3 Å². The molecule has 1 heterocycles. The van der Waals surface area contributed by atoms with E-state index in [4.69, 9.17) is 5.73 Å². The third-order valence-corrected chi connectivity index (χ3v) is 4.01. The molecule has 3 heteroatoms. The van der Waals surface area contributed by atoms with Crippen LogP contribution < -0.4 is 5.73 Å². The highest BCUT2D eigenvalue weighted by Crippen LogP contribution is 2.19. The minimum atomic E-state index is 0.268. The molecule has 1 rings (SSSR count). The van der Waals surface area contributed by atoms with Crippen LogP contribution in [0.4, 0.5) is 0 Å². The van der Waals surface area contributed by atoms with Gasteiger partial charge in [0.2, 0.25) is 0 Å². The fourth-order valence-corrected chi connectivity index (χ4v) is 2.64. The van der Waals surface area contributed by atoms with Crippen molar-refractivity contribution in [1.29, 1.82) is 0 Å². The molecule has 0 aliphatic rings. The highest BCUT2D eigenvalue weighted by molar-refractivity contribution is 7.11. The molecule has 1 aromatic rings. The van der Waals surface area contributed by atoms with Crippen molar-refractivity contribution < 1.29 is 0 Å². The molecular formula is C12H22N2S. The van der Waals surface area contributed by atoms with Gasteiger partial charge in [0.1, 0.15) is 0 Å². The molecule has 0 spiro atoms. The van der Waals surface area contributed by atoms with E-state index in [-0.39, 0.29) is 6.04 Å². The van der Waals surface area contributed by atoms with E-state index in [0.29, 0.717) is 0 Å². The van der Waals surface area contributed by atoms with Crippen molar-refractivity contribution >= 4 is 11.3 Å². The van der Waals surface area contributed by atoms with Crippen molar-refractivity contribution in [3.63, 3.8) is 0 Å². The van der Waals surface area contributed by atoms with Crippen molar-refractivity contribution in [2.45, 2.75) is 53.0 Å². The summed E-state index contributed by atoms with van der Waals surface area (Å²) in [7, 11) is 0. The van der Waals surface area contributed by atoms with E-state index in [1.165, 1.54) is 16.3 Å². The average molecular weight is 226 g/mol. The lowest BCUT2D eigenvalue weighted by Gasteiger charge is -2.14. The Balaban J connectivity index is 2.47. The summed E-state index contributed by atoms with van der Waals surface area (Å²) < 4.78 is 0.